The Kier molecular flexibility index (Phi) is 13.0. The largest absolute Gasteiger partial charge is 0.509 e. The van der Waals surface area contributed by atoms with Gasteiger partial charge in [-0.25, -0.2) is 4.98 Å². The quantitative estimate of drug-likeness (QED) is 0.149. The van der Waals surface area contributed by atoms with Gasteiger partial charge in [0.25, 0.3) is 0 Å². The van der Waals surface area contributed by atoms with Crippen LogP contribution in [0, 0.1) is 18.8 Å². The molecule has 0 amide bonds. The van der Waals surface area contributed by atoms with Gasteiger partial charge in [-0.05, 0) is 91.3 Å². The van der Waals surface area contributed by atoms with E-state index in [1.54, 1.807) is 0 Å². The summed E-state index contributed by atoms with van der Waals surface area (Å²) < 4.78 is 11.8. The molecule has 0 bridgehead atoms. The number of thiophene rings is 1. The van der Waals surface area contributed by atoms with Crippen molar-refractivity contribution in [2.45, 2.75) is 105 Å². The molecule has 77 heavy (non-hydrogen) atoms. The average Bonchev–Trinajstić information content (AvgIpc) is 4.08. The normalized spacial score (nSPS) is 13.2. The molecule has 0 N–H and O–H groups in total. The second kappa shape index (κ2) is 19.2. The first-order valence-electron chi connectivity index (χ1n) is 26.6. The van der Waals surface area contributed by atoms with Crippen molar-refractivity contribution in [1.29, 1.82) is 0 Å². The average molecular weight is 1210 g/mol. The summed E-state index contributed by atoms with van der Waals surface area (Å²) in [6, 6.07) is 67.6. The van der Waals surface area contributed by atoms with Crippen molar-refractivity contribution in [3.05, 3.63) is 211 Å². The molecule has 1 aliphatic rings. The summed E-state index contributed by atoms with van der Waals surface area (Å²) in [5.74, 6) is 2.07. The van der Waals surface area contributed by atoms with Crippen LogP contribution in [0.3, 0.4) is 0 Å². The van der Waals surface area contributed by atoms with Gasteiger partial charge in [-0.15, -0.1) is 65.0 Å². The van der Waals surface area contributed by atoms with E-state index in [-0.39, 0.29) is 42.7 Å². The third-order valence-electron chi connectivity index (χ3n) is 15.2. The van der Waals surface area contributed by atoms with Crippen LogP contribution in [0.2, 0.25) is 0 Å². The van der Waals surface area contributed by atoms with E-state index >= 15 is 0 Å². The van der Waals surface area contributed by atoms with E-state index in [1.807, 2.05) is 17.5 Å². The summed E-state index contributed by atoms with van der Waals surface area (Å²) in [6.45, 7) is 29.4. The van der Waals surface area contributed by atoms with Crippen molar-refractivity contribution in [3.63, 3.8) is 0 Å². The maximum atomic E-state index is 7.05. The molecule has 390 valence electrons. The number of hydrogen-bond acceptors (Lipinski definition) is 5. The summed E-state index contributed by atoms with van der Waals surface area (Å²) in [5, 5.41) is 4.83. The molecule has 0 radical (unpaired) electrons. The molecule has 1 aliphatic heterocycles. The number of aromatic nitrogens is 2. The molecule has 5 nitrogen and oxygen atoms in total. The third-order valence-corrected chi connectivity index (χ3v) is 16.4. The molecule has 0 atom stereocenters. The van der Waals surface area contributed by atoms with Crippen molar-refractivity contribution in [2.75, 3.05) is 9.80 Å². The van der Waals surface area contributed by atoms with Crippen molar-refractivity contribution in [2.24, 2.45) is 0 Å². The number of nitrogens with zero attached hydrogens (tertiary/aromatic N) is 4. The third kappa shape index (κ3) is 9.46. The number of ether oxygens (including phenoxy) is 1. The Morgan fingerprint density at radius 3 is 1.70 bits per heavy atom. The van der Waals surface area contributed by atoms with E-state index in [2.05, 4.69) is 280 Å². The van der Waals surface area contributed by atoms with Gasteiger partial charge in [0.15, 0.2) is 0 Å². The zero-order valence-corrected chi connectivity index (χ0v) is 49.3. The van der Waals surface area contributed by atoms with Crippen molar-refractivity contribution in [3.8, 4) is 39.6 Å². The summed E-state index contributed by atoms with van der Waals surface area (Å²) in [6.07, 6.45) is 1.93. The minimum absolute atomic E-state index is 0. The molecule has 0 fully saturated rings. The second-order valence-electron chi connectivity index (χ2n) is 24.7. The van der Waals surface area contributed by atoms with Crippen molar-refractivity contribution >= 4 is 76.1 Å². The fraction of sp³-hybridized carbons (Fsp3) is 0.229. The van der Waals surface area contributed by atoms with Gasteiger partial charge in [-0.1, -0.05) is 192 Å². The van der Waals surface area contributed by atoms with Gasteiger partial charge in [-0.3, -0.25) is 0 Å². The molecule has 3 aromatic heterocycles. The van der Waals surface area contributed by atoms with Crippen molar-refractivity contribution in [1.82, 2.24) is 9.55 Å². The van der Waals surface area contributed by atoms with E-state index in [0.717, 1.165) is 72.8 Å². The molecule has 0 unspecified atom stereocenters. The maximum Gasteiger partial charge on any atom is 0.135 e. The zero-order chi connectivity index (χ0) is 53.1. The van der Waals surface area contributed by atoms with Crippen LogP contribution < -0.4 is 14.5 Å². The van der Waals surface area contributed by atoms with Crippen LogP contribution >= 0.6 is 11.3 Å². The fourth-order valence-corrected chi connectivity index (χ4v) is 12.1. The standard InChI is InChI=1S/C70H65N4OS.Pt/c1-67(2,3)46-28-24-44(25-29-46)53-19-17-20-54(45-26-30-47(31-27-45)68(4,5)6)65(53)73-43-72(58-21-14-15-22-59(58)73)50-38-49(70(10,11)12)39-52(41-50)75-51-32-33-57-61(42-51)74(63-40-48(36-37-71-63)69(7,8)9)60-35-34-56-55-18-13-16-23-62(55)76-66(56)64(57)60;/h13-40,43H,1-12H3;/q-3;. The molecule has 0 saturated carbocycles. The van der Waals surface area contributed by atoms with Crippen LogP contribution in [0.5, 0.6) is 11.5 Å². The molecular weight excluding hydrogens is 1140 g/mol. The van der Waals surface area contributed by atoms with Gasteiger partial charge in [-0.2, -0.15) is 6.07 Å². The monoisotopic (exact) mass is 1200 g/mol. The molecule has 11 aromatic rings. The number of pyridine rings is 1. The molecule has 0 aliphatic carbocycles. The first-order chi connectivity index (χ1) is 36.2. The summed E-state index contributed by atoms with van der Waals surface area (Å²) in [4.78, 5) is 9.68. The SMILES string of the molecule is CC(C)(C)c1ccc(-c2cccc(-c3ccc(C(C)(C)C)cc3)c2N2[CH-]N(c3[c-]c(Oc4[c-]c5c(cc4)c4c6sc7ccccc7c6ccc4n5-c4cc(C(C)(C)C)ccn4)cc(C(C)(C)C)c3)c3ccccc32)cc1.[Pt]. The summed E-state index contributed by atoms with van der Waals surface area (Å²) in [7, 11) is 0. The first-order valence-corrected chi connectivity index (χ1v) is 27.4. The van der Waals surface area contributed by atoms with Gasteiger partial charge < -0.3 is 19.1 Å². The topological polar surface area (TPSA) is 33.5 Å². The Hall–Kier alpha value is -6.98. The van der Waals surface area contributed by atoms with Crippen LogP contribution in [-0.2, 0) is 42.7 Å². The molecule has 0 saturated heterocycles. The Balaban J connectivity index is 0.00000631. The molecular formula is C70H65N4OPtS-3. The van der Waals surface area contributed by atoms with Crippen molar-refractivity contribution < 1.29 is 25.8 Å². The van der Waals surface area contributed by atoms with Crippen LogP contribution in [0.1, 0.15) is 105 Å². The second-order valence-corrected chi connectivity index (χ2v) is 25.7. The van der Waals surface area contributed by atoms with E-state index in [9.17, 15) is 0 Å². The molecule has 0 spiro atoms. The molecule has 7 heteroatoms. The Morgan fingerprint density at radius 2 is 1.08 bits per heavy atom. The minimum Gasteiger partial charge on any atom is -0.509 e. The minimum atomic E-state index is -0.210. The van der Waals surface area contributed by atoms with Crippen LogP contribution in [0.4, 0.5) is 22.7 Å². The van der Waals surface area contributed by atoms with E-state index in [4.69, 9.17) is 9.72 Å². The summed E-state index contributed by atoms with van der Waals surface area (Å²) >= 11 is 1.85. The Labute approximate surface area is 473 Å². The van der Waals surface area contributed by atoms with E-state index in [1.165, 1.54) is 42.2 Å². The zero-order valence-electron chi connectivity index (χ0n) is 46.2. The Morgan fingerprint density at radius 1 is 0.494 bits per heavy atom. The maximum absolute atomic E-state index is 7.05. The first kappa shape index (κ1) is 52.1. The number of hydrogen-bond donors (Lipinski definition) is 0. The van der Waals surface area contributed by atoms with Gasteiger partial charge >= 0.3 is 0 Å². The summed E-state index contributed by atoms with van der Waals surface area (Å²) in [5.41, 5.74) is 15.5. The Bertz CT molecular complexity index is 3970. The number of para-hydroxylation sites is 3. The van der Waals surface area contributed by atoms with Gasteiger partial charge in [0.1, 0.15) is 5.82 Å². The molecule has 4 heterocycles. The van der Waals surface area contributed by atoms with E-state index < -0.39 is 0 Å². The van der Waals surface area contributed by atoms with Crippen LogP contribution in [-0.4, -0.2) is 9.55 Å². The smallest absolute Gasteiger partial charge is 0.135 e. The fourth-order valence-electron chi connectivity index (χ4n) is 10.8. The molecule has 8 aromatic carbocycles. The van der Waals surface area contributed by atoms with Crippen LogP contribution in [0.15, 0.2) is 170 Å². The number of benzene rings is 8. The van der Waals surface area contributed by atoms with Gasteiger partial charge in [0, 0.05) is 92.6 Å². The predicted molar refractivity (Wildman–Crippen MR) is 323 cm³/mol. The van der Waals surface area contributed by atoms with E-state index in [0.29, 0.717) is 11.5 Å². The number of fused-ring (bicyclic) bond motifs is 8. The number of anilines is 4. The predicted octanol–water partition coefficient (Wildman–Crippen LogP) is 19.9. The van der Waals surface area contributed by atoms with Gasteiger partial charge in [0.2, 0.25) is 0 Å². The van der Waals surface area contributed by atoms with Gasteiger partial charge in [0.05, 0.1) is 0 Å². The van der Waals surface area contributed by atoms with Crippen LogP contribution in [0.25, 0.3) is 70.0 Å². The number of rotatable bonds is 7. The molecule has 12 rings (SSSR count).